The molecule has 112 valence electrons. The fourth-order valence-corrected chi connectivity index (χ4v) is 3.53. The third-order valence-corrected chi connectivity index (χ3v) is 4.77. The summed E-state index contributed by atoms with van der Waals surface area (Å²) in [6, 6.07) is 7.06. The molecule has 0 saturated heterocycles. The molecule has 1 aromatic heterocycles. The van der Waals surface area contributed by atoms with E-state index < -0.39 is 10.0 Å². The molecule has 2 aromatic rings. The van der Waals surface area contributed by atoms with Gasteiger partial charge in [0.2, 0.25) is 0 Å². The van der Waals surface area contributed by atoms with Crippen molar-refractivity contribution >= 4 is 15.7 Å². The molecule has 2 rings (SSSR count). The van der Waals surface area contributed by atoms with Crippen molar-refractivity contribution < 1.29 is 8.42 Å². The van der Waals surface area contributed by atoms with E-state index in [-0.39, 0.29) is 0 Å². The highest BCUT2D eigenvalue weighted by Gasteiger charge is 2.19. The molecule has 0 unspecified atom stereocenters. The molecule has 0 saturated carbocycles. The van der Waals surface area contributed by atoms with Crippen molar-refractivity contribution in [3.63, 3.8) is 0 Å². The molecule has 6 heteroatoms. The number of rotatable bonds is 5. The molecule has 0 aliphatic carbocycles. The van der Waals surface area contributed by atoms with Gasteiger partial charge in [0, 0.05) is 12.7 Å². The predicted octanol–water partition coefficient (Wildman–Crippen LogP) is 2.22. The van der Waals surface area contributed by atoms with Crippen molar-refractivity contribution in [2.45, 2.75) is 25.3 Å². The summed E-state index contributed by atoms with van der Waals surface area (Å²) in [5, 5.41) is 3.03. The Labute approximate surface area is 125 Å². The standard InChI is InChI=1S/C15H19N3O2S/c1-11-7-13(9-16-3)8-15(12(11)2)21(19,20)18-14-5-4-6-17-10-14/h4-8,10,16,18H,9H2,1-3H3. The van der Waals surface area contributed by atoms with Crippen LogP contribution in [0.4, 0.5) is 5.69 Å². The molecule has 1 heterocycles. The van der Waals surface area contributed by atoms with E-state index in [2.05, 4.69) is 15.0 Å². The highest BCUT2D eigenvalue weighted by molar-refractivity contribution is 7.92. The number of benzene rings is 1. The molecule has 1 aromatic carbocycles. The van der Waals surface area contributed by atoms with Gasteiger partial charge in [-0.3, -0.25) is 9.71 Å². The van der Waals surface area contributed by atoms with Crippen molar-refractivity contribution in [3.8, 4) is 0 Å². The van der Waals surface area contributed by atoms with Crippen LogP contribution in [0.5, 0.6) is 0 Å². The van der Waals surface area contributed by atoms with Crippen molar-refractivity contribution in [3.05, 3.63) is 53.3 Å². The Kier molecular flexibility index (Phi) is 4.59. The van der Waals surface area contributed by atoms with Crippen LogP contribution in [-0.4, -0.2) is 20.4 Å². The number of nitrogens with one attached hydrogen (secondary N) is 2. The lowest BCUT2D eigenvalue weighted by atomic mass is 10.1. The largest absolute Gasteiger partial charge is 0.316 e. The van der Waals surface area contributed by atoms with E-state index in [1.54, 1.807) is 24.4 Å². The molecular formula is C15H19N3O2S. The van der Waals surface area contributed by atoms with Gasteiger partial charge in [0.05, 0.1) is 16.8 Å². The highest BCUT2D eigenvalue weighted by Crippen LogP contribution is 2.23. The molecule has 0 aliphatic rings. The van der Waals surface area contributed by atoms with Crippen LogP contribution in [0.1, 0.15) is 16.7 Å². The second-order valence-corrected chi connectivity index (χ2v) is 6.56. The summed E-state index contributed by atoms with van der Waals surface area (Å²) in [4.78, 5) is 4.21. The molecular weight excluding hydrogens is 286 g/mol. The van der Waals surface area contributed by atoms with Crippen LogP contribution in [0.3, 0.4) is 0 Å². The Morgan fingerprint density at radius 3 is 2.62 bits per heavy atom. The van der Waals surface area contributed by atoms with E-state index >= 15 is 0 Å². The molecule has 2 N–H and O–H groups in total. The molecule has 0 aliphatic heterocycles. The Balaban J connectivity index is 2.44. The van der Waals surface area contributed by atoms with E-state index in [0.29, 0.717) is 17.1 Å². The SMILES string of the molecule is CNCc1cc(C)c(C)c(S(=O)(=O)Nc2cccnc2)c1. The van der Waals surface area contributed by atoms with Gasteiger partial charge in [0.15, 0.2) is 0 Å². The third-order valence-electron chi connectivity index (χ3n) is 3.26. The third kappa shape index (κ3) is 3.59. The van der Waals surface area contributed by atoms with Gasteiger partial charge in [-0.05, 0) is 55.8 Å². The first-order valence-corrected chi connectivity index (χ1v) is 8.10. The van der Waals surface area contributed by atoms with Gasteiger partial charge in [-0.15, -0.1) is 0 Å². The zero-order valence-corrected chi connectivity index (χ0v) is 13.2. The van der Waals surface area contributed by atoms with Crippen LogP contribution in [0.15, 0.2) is 41.6 Å². The first-order valence-electron chi connectivity index (χ1n) is 6.61. The summed E-state index contributed by atoms with van der Waals surface area (Å²) in [6.45, 7) is 4.35. The van der Waals surface area contributed by atoms with E-state index in [9.17, 15) is 8.42 Å². The van der Waals surface area contributed by atoms with E-state index in [1.807, 2.05) is 27.0 Å². The molecule has 0 radical (unpaired) electrons. The van der Waals surface area contributed by atoms with E-state index in [1.165, 1.54) is 6.20 Å². The summed E-state index contributed by atoms with van der Waals surface area (Å²) in [6.07, 6.45) is 3.08. The summed E-state index contributed by atoms with van der Waals surface area (Å²) in [5.41, 5.74) is 3.10. The van der Waals surface area contributed by atoms with Gasteiger partial charge in [0.25, 0.3) is 10.0 Å². The van der Waals surface area contributed by atoms with Crippen LogP contribution < -0.4 is 10.0 Å². The van der Waals surface area contributed by atoms with Gasteiger partial charge >= 0.3 is 0 Å². The number of anilines is 1. The van der Waals surface area contributed by atoms with Crippen molar-refractivity contribution in [2.75, 3.05) is 11.8 Å². The maximum atomic E-state index is 12.6. The minimum atomic E-state index is -3.63. The van der Waals surface area contributed by atoms with Gasteiger partial charge in [0.1, 0.15) is 0 Å². The van der Waals surface area contributed by atoms with Crippen LogP contribution in [0.2, 0.25) is 0 Å². The van der Waals surface area contributed by atoms with Crippen LogP contribution >= 0.6 is 0 Å². The molecule has 5 nitrogen and oxygen atoms in total. The molecule has 0 atom stereocenters. The molecule has 21 heavy (non-hydrogen) atoms. The molecule has 0 spiro atoms. The Bertz CT molecular complexity index is 728. The van der Waals surface area contributed by atoms with Gasteiger partial charge < -0.3 is 5.32 Å². The maximum absolute atomic E-state index is 12.6. The number of hydrogen-bond donors (Lipinski definition) is 2. The number of aryl methyl sites for hydroxylation is 1. The van der Waals surface area contributed by atoms with Gasteiger partial charge in [-0.25, -0.2) is 8.42 Å². The monoisotopic (exact) mass is 305 g/mol. The fourth-order valence-electron chi connectivity index (χ4n) is 2.12. The zero-order chi connectivity index (χ0) is 15.5. The topological polar surface area (TPSA) is 71.1 Å². The summed E-state index contributed by atoms with van der Waals surface area (Å²) in [5.74, 6) is 0. The number of pyridine rings is 1. The smallest absolute Gasteiger partial charge is 0.262 e. The van der Waals surface area contributed by atoms with Crippen LogP contribution in [-0.2, 0) is 16.6 Å². The van der Waals surface area contributed by atoms with E-state index in [4.69, 9.17) is 0 Å². The second kappa shape index (κ2) is 6.24. The number of nitrogens with zero attached hydrogens (tertiary/aromatic N) is 1. The molecule has 0 amide bonds. The summed E-state index contributed by atoms with van der Waals surface area (Å²) in [7, 11) is -1.79. The Hall–Kier alpha value is -1.92. The van der Waals surface area contributed by atoms with Crippen molar-refractivity contribution in [1.82, 2.24) is 10.3 Å². The minimum Gasteiger partial charge on any atom is -0.316 e. The van der Waals surface area contributed by atoms with Crippen molar-refractivity contribution in [2.24, 2.45) is 0 Å². The molecule has 0 bridgehead atoms. The zero-order valence-electron chi connectivity index (χ0n) is 12.3. The Morgan fingerprint density at radius 2 is 2.00 bits per heavy atom. The van der Waals surface area contributed by atoms with Gasteiger partial charge in [-0.1, -0.05) is 6.07 Å². The quantitative estimate of drug-likeness (QED) is 0.888. The normalized spacial score (nSPS) is 11.4. The second-order valence-electron chi connectivity index (χ2n) is 4.91. The van der Waals surface area contributed by atoms with E-state index in [0.717, 1.165) is 16.7 Å². The van der Waals surface area contributed by atoms with Crippen LogP contribution in [0.25, 0.3) is 0 Å². The average molecular weight is 305 g/mol. The van der Waals surface area contributed by atoms with Gasteiger partial charge in [-0.2, -0.15) is 0 Å². The minimum absolute atomic E-state index is 0.302. The maximum Gasteiger partial charge on any atom is 0.262 e. The first-order chi connectivity index (χ1) is 9.94. The fraction of sp³-hybridized carbons (Fsp3) is 0.267. The summed E-state index contributed by atoms with van der Waals surface area (Å²) >= 11 is 0. The van der Waals surface area contributed by atoms with Crippen LogP contribution in [0, 0.1) is 13.8 Å². The highest BCUT2D eigenvalue weighted by atomic mass is 32.2. The number of hydrogen-bond acceptors (Lipinski definition) is 4. The first kappa shape index (κ1) is 15.5. The molecule has 0 fully saturated rings. The lowest BCUT2D eigenvalue weighted by molar-refractivity contribution is 0.600. The Morgan fingerprint density at radius 1 is 1.24 bits per heavy atom. The van der Waals surface area contributed by atoms with Crippen molar-refractivity contribution in [1.29, 1.82) is 0 Å². The average Bonchev–Trinajstić information content (AvgIpc) is 2.43. The summed E-state index contributed by atoms with van der Waals surface area (Å²) < 4.78 is 27.7. The lowest BCUT2D eigenvalue weighted by Gasteiger charge is -2.14. The lowest BCUT2D eigenvalue weighted by Crippen LogP contribution is -2.16. The predicted molar refractivity (Wildman–Crippen MR) is 83.7 cm³/mol. The number of sulfonamides is 1. The number of aromatic nitrogens is 1.